The molecule has 0 unspecified atom stereocenters. The van der Waals surface area contributed by atoms with Crippen molar-refractivity contribution in [3.63, 3.8) is 0 Å². The Morgan fingerprint density at radius 2 is 1.50 bits per heavy atom. The number of non-ortho nitro benzene ring substituents is 1. The third-order valence-corrected chi connectivity index (χ3v) is 3.55. The first kappa shape index (κ1) is 18.8. The largest absolute Gasteiger partial charge is 0.744 e. The number of fused-ring (bicyclic) bond motifs is 1. The molecule has 2 rings (SSSR count). The molecule has 112 valence electrons. The van der Waals surface area contributed by atoms with E-state index >= 15 is 0 Å². The van der Waals surface area contributed by atoms with Gasteiger partial charge in [-0.3, -0.25) is 20.2 Å². The number of aromatic hydroxyl groups is 1. The molecule has 22 heavy (non-hydrogen) atoms. The summed E-state index contributed by atoms with van der Waals surface area (Å²) in [7, 11) is -4.88. The number of nitro benzene ring substituents is 2. The summed E-state index contributed by atoms with van der Waals surface area (Å²) in [6, 6.07) is 2.97. The maximum absolute atomic E-state index is 10.9. The molecule has 0 bridgehead atoms. The first-order chi connectivity index (χ1) is 9.62. The Bertz CT molecular complexity index is 895. The normalized spacial score (nSPS) is 11.0. The van der Waals surface area contributed by atoms with Crippen molar-refractivity contribution < 1.29 is 27.9 Å². The average Bonchev–Trinajstić information content (AvgIpc) is 2.36. The maximum atomic E-state index is 10.9. The van der Waals surface area contributed by atoms with Crippen LogP contribution in [0.4, 0.5) is 11.4 Å². The van der Waals surface area contributed by atoms with E-state index in [4.69, 9.17) is 0 Å². The fraction of sp³-hybridized carbons (Fsp3) is 0. The summed E-state index contributed by atoms with van der Waals surface area (Å²) in [4.78, 5) is 18.9. The Kier molecular flexibility index (Phi) is 5.56. The van der Waals surface area contributed by atoms with Crippen molar-refractivity contribution in [1.82, 2.24) is 0 Å². The van der Waals surface area contributed by atoms with Gasteiger partial charge in [0.25, 0.3) is 5.69 Å². The Labute approximate surface area is 162 Å². The van der Waals surface area contributed by atoms with E-state index in [0.717, 1.165) is 12.1 Å². The van der Waals surface area contributed by atoms with E-state index < -0.39 is 47.4 Å². The van der Waals surface area contributed by atoms with E-state index in [1.165, 1.54) is 0 Å². The number of hydrogen-bond acceptors (Lipinski definition) is 8. The van der Waals surface area contributed by atoms with E-state index in [1.54, 1.807) is 0 Å². The summed E-state index contributed by atoms with van der Waals surface area (Å²) in [5.41, 5.74) is -1.65. The first-order valence-electron chi connectivity index (χ1n) is 5.17. The van der Waals surface area contributed by atoms with Gasteiger partial charge in [-0.1, -0.05) is 0 Å². The van der Waals surface area contributed by atoms with Gasteiger partial charge in [0.05, 0.1) is 26.2 Å². The SMILES string of the molecule is O=[N+]([O-])c1cc([N+](=O)[O-])c2ccc(S(=O)(=O)[O-])cc2c1O.[Ba]. The van der Waals surface area contributed by atoms with Gasteiger partial charge in [-0.25, -0.2) is 8.42 Å². The molecule has 0 atom stereocenters. The maximum Gasteiger partial charge on any atom is 0.318 e. The number of rotatable bonds is 3. The second kappa shape index (κ2) is 6.49. The minimum atomic E-state index is -4.88. The minimum Gasteiger partial charge on any atom is -0.744 e. The van der Waals surface area contributed by atoms with Crippen molar-refractivity contribution in [2.75, 3.05) is 0 Å². The molecule has 0 aliphatic heterocycles. The Hall–Kier alpha value is -1.22. The van der Waals surface area contributed by atoms with Crippen molar-refractivity contribution >= 4 is 81.1 Å². The summed E-state index contributed by atoms with van der Waals surface area (Å²) in [5.74, 6) is -0.953. The monoisotopic (exact) mass is 451 g/mol. The van der Waals surface area contributed by atoms with Gasteiger partial charge in [0.2, 0.25) is 5.75 Å². The molecule has 2 aromatic carbocycles. The molecule has 0 aromatic heterocycles. The predicted octanol–water partition coefficient (Wildman–Crippen LogP) is 0.885. The molecule has 0 saturated carbocycles. The van der Waals surface area contributed by atoms with Crippen LogP contribution in [0.3, 0.4) is 0 Å². The number of nitro groups is 2. The van der Waals surface area contributed by atoms with Crippen molar-refractivity contribution in [2.24, 2.45) is 0 Å². The molecule has 0 aliphatic carbocycles. The predicted molar refractivity (Wildman–Crippen MR) is 72.6 cm³/mol. The molecule has 2 radical (unpaired) electrons. The number of nitrogens with zero attached hydrogens (tertiary/aromatic N) is 2. The van der Waals surface area contributed by atoms with Crippen molar-refractivity contribution in [1.29, 1.82) is 0 Å². The van der Waals surface area contributed by atoms with Crippen molar-refractivity contribution in [2.45, 2.75) is 4.90 Å². The van der Waals surface area contributed by atoms with E-state index in [1.807, 2.05) is 0 Å². The molecule has 0 saturated heterocycles. The molecule has 0 spiro atoms. The van der Waals surface area contributed by atoms with Crippen LogP contribution >= 0.6 is 0 Å². The molecule has 0 aliphatic rings. The molecule has 0 amide bonds. The van der Waals surface area contributed by atoms with Gasteiger partial charge in [0, 0.05) is 54.3 Å². The van der Waals surface area contributed by atoms with E-state index in [-0.39, 0.29) is 54.3 Å². The van der Waals surface area contributed by atoms with E-state index in [9.17, 15) is 38.3 Å². The zero-order chi connectivity index (χ0) is 15.9. The number of phenolic OH excluding ortho intramolecular Hbond substituents is 1. The molecule has 0 fully saturated rings. The zero-order valence-corrected chi connectivity index (χ0v) is 15.9. The second-order valence-corrected chi connectivity index (χ2v) is 5.32. The topological polar surface area (TPSA) is 164 Å². The molecule has 0 heterocycles. The van der Waals surface area contributed by atoms with Crippen LogP contribution in [0.25, 0.3) is 10.8 Å². The van der Waals surface area contributed by atoms with E-state index in [2.05, 4.69) is 0 Å². The summed E-state index contributed by atoms with van der Waals surface area (Å²) < 4.78 is 32.8. The second-order valence-electron chi connectivity index (χ2n) is 3.94. The van der Waals surface area contributed by atoms with Crippen molar-refractivity contribution in [3.05, 3.63) is 44.5 Å². The average molecular weight is 451 g/mol. The standard InChI is InChI=1S/C10H6N2O8S.Ba/c13-10-7-3-5(21(18,19)20)1-2-6(7)8(11(14)15)4-9(10)12(16)17;/h1-4,13H,(H,18,19,20);/p-1. The fourth-order valence-electron chi connectivity index (χ4n) is 1.80. The van der Waals surface area contributed by atoms with Crippen LogP contribution < -0.4 is 0 Å². The van der Waals surface area contributed by atoms with E-state index in [0.29, 0.717) is 12.1 Å². The quantitative estimate of drug-likeness (QED) is 0.312. The smallest absolute Gasteiger partial charge is 0.318 e. The van der Waals surface area contributed by atoms with Gasteiger partial charge in [-0.15, -0.1) is 0 Å². The molecule has 1 N–H and O–H groups in total. The molecular weight excluding hydrogens is 446 g/mol. The first-order valence-corrected chi connectivity index (χ1v) is 6.58. The Morgan fingerprint density at radius 1 is 0.955 bits per heavy atom. The third-order valence-electron chi connectivity index (χ3n) is 2.72. The summed E-state index contributed by atoms with van der Waals surface area (Å²) in [6.07, 6.45) is 0. The number of hydrogen-bond donors (Lipinski definition) is 1. The number of phenols is 1. The van der Waals surface area contributed by atoms with Crippen LogP contribution in [0.1, 0.15) is 0 Å². The van der Waals surface area contributed by atoms with Crippen LogP contribution in [0, 0.1) is 20.2 Å². The van der Waals surface area contributed by atoms with Crippen LogP contribution in [0.2, 0.25) is 0 Å². The van der Waals surface area contributed by atoms with Gasteiger partial charge in [-0.2, -0.15) is 0 Å². The number of benzene rings is 2. The summed E-state index contributed by atoms with van der Waals surface area (Å²) >= 11 is 0. The molecule has 12 heteroatoms. The van der Waals surface area contributed by atoms with Crippen molar-refractivity contribution in [3.8, 4) is 5.75 Å². The van der Waals surface area contributed by atoms with Gasteiger partial charge in [0.15, 0.2) is 0 Å². The van der Waals surface area contributed by atoms with Gasteiger partial charge >= 0.3 is 5.69 Å². The van der Waals surface area contributed by atoms with Crippen LogP contribution in [-0.4, -0.2) is 76.8 Å². The fourth-order valence-corrected chi connectivity index (χ4v) is 2.30. The summed E-state index contributed by atoms with van der Waals surface area (Å²) in [6.45, 7) is 0. The van der Waals surface area contributed by atoms with Crippen LogP contribution in [0.15, 0.2) is 29.2 Å². The third kappa shape index (κ3) is 3.40. The Morgan fingerprint density at radius 3 is 1.95 bits per heavy atom. The summed E-state index contributed by atoms with van der Waals surface area (Å²) in [5, 5.41) is 30.7. The van der Waals surface area contributed by atoms with Gasteiger partial charge in [0.1, 0.15) is 10.1 Å². The van der Waals surface area contributed by atoms with Gasteiger partial charge < -0.3 is 9.66 Å². The van der Waals surface area contributed by atoms with Gasteiger partial charge in [-0.05, 0) is 18.2 Å². The molecular formula is C10H5BaN2O8S-. The Balaban J connectivity index is 0.00000242. The zero-order valence-electron chi connectivity index (χ0n) is 10.6. The van der Waals surface area contributed by atoms with Crippen LogP contribution in [-0.2, 0) is 10.1 Å². The minimum absolute atomic E-state index is 0. The van der Waals surface area contributed by atoms with Crippen LogP contribution in [0.5, 0.6) is 5.75 Å². The molecule has 10 nitrogen and oxygen atoms in total. The molecule has 2 aromatic rings.